The highest BCUT2D eigenvalue weighted by Crippen LogP contribution is 2.32. The van der Waals surface area contributed by atoms with Gasteiger partial charge in [-0.25, -0.2) is 8.78 Å². The maximum absolute atomic E-state index is 13.5. The van der Waals surface area contributed by atoms with Crippen LogP contribution < -0.4 is 10.6 Å². The molecule has 16 heavy (non-hydrogen) atoms. The molecule has 0 bridgehead atoms. The molecule has 1 atom stereocenters. The highest BCUT2D eigenvalue weighted by atomic mass is 19.3. The summed E-state index contributed by atoms with van der Waals surface area (Å²) >= 11 is 0. The van der Waals surface area contributed by atoms with Gasteiger partial charge in [0.05, 0.1) is 6.54 Å². The van der Waals surface area contributed by atoms with Gasteiger partial charge in [0.1, 0.15) is 5.60 Å². The van der Waals surface area contributed by atoms with Crippen LogP contribution in [0.25, 0.3) is 0 Å². The van der Waals surface area contributed by atoms with E-state index < -0.39 is 18.1 Å². The van der Waals surface area contributed by atoms with E-state index >= 15 is 0 Å². The van der Waals surface area contributed by atoms with Gasteiger partial charge in [0.15, 0.2) is 0 Å². The molecule has 0 aromatic carbocycles. The van der Waals surface area contributed by atoms with Crippen LogP contribution in [0, 0.1) is 0 Å². The average molecular weight is 238 g/mol. The van der Waals surface area contributed by atoms with Gasteiger partial charge >= 0.3 is 0 Å². The molecule has 0 radical (unpaired) electrons. The molecule has 1 heterocycles. The van der Waals surface area contributed by atoms with Crippen molar-refractivity contribution in [2.45, 2.75) is 24.4 Å². The minimum absolute atomic E-state index is 0.0667. The number of aliphatic hydroxyl groups is 1. The van der Waals surface area contributed by atoms with E-state index in [4.69, 9.17) is 4.74 Å². The van der Waals surface area contributed by atoms with Crippen LogP contribution in [0.2, 0.25) is 0 Å². The van der Waals surface area contributed by atoms with Gasteiger partial charge in [0, 0.05) is 20.3 Å². The fraction of sp³-hybridized carbons (Fsp3) is 1.00. The molecule has 4 nitrogen and oxygen atoms in total. The van der Waals surface area contributed by atoms with Crippen LogP contribution in [0.15, 0.2) is 0 Å². The lowest BCUT2D eigenvalue weighted by molar-refractivity contribution is -0.190. The molecule has 1 aliphatic rings. The number of halogens is 2. The predicted octanol–water partition coefficient (Wildman–Crippen LogP) is -0.0278. The van der Waals surface area contributed by atoms with E-state index in [2.05, 4.69) is 10.6 Å². The third kappa shape index (κ3) is 3.35. The first-order chi connectivity index (χ1) is 7.52. The molecule has 1 saturated heterocycles. The van der Waals surface area contributed by atoms with Crippen molar-refractivity contribution < 1.29 is 18.6 Å². The van der Waals surface area contributed by atoms with E-state index in [-0.39, 0.29) is 13.0 Å². The number of piperidine rings is 1. The van der Waals surface area contributed by atoms with E-state index in [9.17, 15) is 13.9 Å². The summed E-state index contributed by atoms with van der Waals surface area (Å²) in [5, 5.41) is 15.3. The molecule has 0 amide bonds. The number of methoxy groups -OCH3 is 1. The smallest absolute Gasteiger partial charge is 0.289 e. The molecule has 0 saturated carbocycles. The van der Waals surface area contributed by atoms with Crippen molar-refractivity contribution in [2.24, 2.45) is 0 Å². The number of hydrogen-bond donors (Lipinski definition) is 3. The third-order valence-corrected chi connectivity index (χ3v) is 2.86. The van der Waals surface area contributed by atoms with Gasteiger partial charge in [0.25, 0.3) is 5.92 Å². The van der Waals surface area contributed by atoms with Crippen molar-refractivity contribution in [3.63, 3.8) is 0 Å². The standard InChI is InChI=1S/C10H20F2N2O2/c1-16-6-2-4-13-7-9(15)3-5-14-8-10(9,11)12/h13-15H,2-8H2,1H3. The lowest BCUT2D eigenvalue weighted by Crippen LogP contribution is -2.63. The van der Waals surface area contributed by atoms with Crippen LogP contribution in [0.3, 0.4) is 0 Å². The lowest BCUT2D eigenvalue weighted by atomic mass is 9.88. The second-order valence-corrected chi connectivity index (χ2v) is 4.19. The minimum Gasteiger partial charge on any atom is -0.385 e. The Morgan fingerprint density at radius 1 is 1.50 bits per heavy atom. The summed E-state index contributed by atoms with van der Waals surface area (Å²) in [6, 6.07) is 0. The van der Waals surface area contributed by atoms with E-state index in [0.29, 0.717) is 19.7 Å². The van der Waals surface area contributed by atoms with Crippen LogP contribution in [-0.2, 0) is 4.74 Å². The van der Waals surface area contributed by atoms with Crippen molar-refractivity contribution in [1.82, 2.24) is 10.6 Å². The van der Waals surface area contributed by atoms with Crippen LogP contribution in [0.4, 0.5) is 8.78 Å². The molecule has 0 aromatic heterocycles. The summed E-state index contributed by atoms with van der Waals surface area (Å²) in [6.45, 7) is 1.05. The van der Waals surface area contributed by atoms with Gasteiger partial charge in [-0.2, -0.15) is 0 Å². The zero-order chi connectivity index (χ0) is 12.1. The minimum atomic E-state index is -3.07. The highest BCUT2D eigenvalue weighted by Gasteiger charge is 2.53. The van der Waals surface area contributed by atoms with Crippen LogP contribution in [0.5, 0.6) is 0 Å². The molecule has 6 heteroatoms. The molecule has 0 aromatic rings. The van der Waals surface area contributed by atoms with Crippen molar-refractivity contribution >= 4 is 0 Å². The topological polar surface area (TPSA) is 53.5 Å². The first kappa shape index (κ1) is 13.8. The predicted molar refractivity (Wildman–Crippen MR) is 56.7 cm³/mol. The summed E-state index contributed by atoms with van der Waals surface area (Å²) in [5.74, 6) is -3.07. The molecule has 1 fully saturated rings. The van der Waals surface area contributed by atoms with E-state index in [0.717, 1.165) is 6.42 Å². The van der Waals surface area contributed by atoms with Crippen LogP contribution in [0.1, 0.15) is 12.8 Å². The Morgan fingerprint density at radius 2 is 2.25 bits per heavy atom. The second-order valence-electron chi connectivity index (χ2n) is 4.19. The Morgan fingerprint density at radius 3 is 2.88 bits per heavy atom. The van der Waals surface area contributed by atoms with Gasteiger partial charge in [-0.1, -0.05) is 0 Å². The van der Waals surface area contributed by atoms with E-state index in [1.807, 2.05) is 0 Å². The fourth-order valence-corrected chi connectivity index (χ4v) is 1.74. The Balaban J connectivity index is 2.32. The van der Waals surface area contributed by atoms with Gasteiger partial charge in [-0.05, 0) is 25.9 Å². The third-order valence-electron chi connectivity index (χ3n) is 2.86. The Labute approximate surface area is 94.4 Å². The van der Waals surface area contributed by atoms with Crippen molar-refractivity contribution in [1.29, 1.82) is 0 Å². The number of alkyl halides is 2. The summed E-state index contributed by atoms with van der Waals surface area (Å²) in [7, 11) is 1.59. The summed E-state index contributed by atoms with van der Waals surface area (Å²) in [6.07, 6.45) is 0.813. The van der Waals surface area contributed by atoms with Crippen molar-refractivity contribution in [2.75, 3.05) is 39.9 Å². The van der Waals surface area contributed by atoms with Crippen molar-refractivity contribution in [3.05, 3.63) is 0 Å². The number of rotatable bonds is 6. The van der Waals surface area contributed by atoms with Crippen molar-refractivity contribution in [3.8, 4) is 0 Å². The molecule has 0 spiro atoms. The fourth-order valence-electron chi connectivity index (χ4n) is 1.74. The first-order valence-electron chi connectivity index (χ1n) is 5.52. The Kier molecular flexibility index (Phi) is 5.04. The monoisotopic (exact) mass is 238 g/mol. The van der Waals surface area contributed by atoms with E-state index in [1.54, 1.807) is 7.11 Å². The quantitative estimate of drug-likeness (QED) is 0.569. The van der Waals surface area contributed by atoms with E-state index in [1.165, 1.54) is 0 Å². The molecule has 96 valence electrons. The molecule has 0 aliphatic carbocycles. The van der Waals surface area contributed by atoms with Crippen LogP contribution in [-0.4, -0.2) is 56.5 Å². The maximum Gasteiger partial charge on any atom is 0.289 e. The zero-order valence-corrected chi connectivity index (χ0v) is 9.56. The largest absolute Gasteiger partial charge is 0.385 e. The summed E-state index contributed by atoms with van der Waals surface area (Å²) in [4.78, 5) is 0. The molecule has 1 aliphatic heterocycles. The Bertz CT molecular complexity index is 217. The average Bonchev–Trinajstić information content (AvgIpc) is 2.23. The molecular weight excluding hydrogens is 218 g/mol. The van der Waals surface area contributed by atoms with Gasteiger partial charge < -0.3 is 20.5 Å². The molecule has 3 N–H and O–H groups in total. The molecular formula is C10H20F2N2O2. The number of ether oxygens (including phenoxy) is 1. The van der Waals surface area contributed by atoms with Gasteiger partial charge in [-0.15, -0.1) is 0 Å². The first-order valence-corrected chi connectivity index (χ1v) is 5.52. The second kappa shape index (κ2) is 5.86. The van der Waals surface area contributed by atoms with Gasteiger partial charge in [0.2, 0.25) is 0 Å². The zero-order valence-electron chi connectivity index (χ0n) is 9.56. The normalized spacial score (nSPS) is 29.2. The maximum atomic E-state index is 13.5. The van der Waals surface area contributed by atoms with Crippen LogP contribution >= 0.6 is 0 Å². The molecule has 1 rings (SSSR count). The lowest BCUT2D eigenvalue weighted by Gasteiger charge is -2.40. The Hall–Kier alpha value is -0.300. The number of nitrogens with one attached hydrogen (secondary N) is 2. The highest BCUT2D eigenvalue weighted by molar-refractivity contribution is 4.99. The molecule has 1 unspecified atom stereocenters. The number of hydrogen-bond acceptors (Lipinski definition) is 4. The van der Waals surface area contributed by atoms with Gasteiger partial charge in [-0.3, -0.25) is 0 Å². The summed E-state index contributed by atoms with van der Waals surface area (Å²) < 4.78 is 31.7. The summed E-state index contributed by atoms with van der Waals surface area (Å²) in [5.41, 5.74) is -1.93. The SMILES string of the molecule is COCCCNCC1(O)CCNCC1(F)F.